The molecule has 1 heterocycles. The SMILES string of the molecule is O=C(CNc1nc(Nc2cccc(C(F)(F)F)c2)nc(OCC(F)(F)F)n1)Nc1ccccc1. The molecule has 0 saturated heterocycles. The van der Waals surface area contributed by atoms with Gasteiger partial charge >= 0.3 is 18.4 Å². The number of ether oxygens (including phenoxy) is 1. The fourth-order valence-corrected chi connectivity index (χ4v) is 2.49. The Hall–Kier alpha value is -4.10. The van der Waals surface area contributed by atoms with Crippen LogP contribution in [0.15, 0.2) is 54.6 Å². The number of alkyl halides is 6. The number of halogens is 6. The molecule has 0 aliphatic rings. The number of benzene rings is 2. The Morgan fingerprint density at radius 2 is 1.53 bits per heavy atom. The monoisotopic (exact) mass is 486 g/mol. The van der Waals surface area contributed by atoms with Crippen LogP contribution < -0.4 is 20.7 Å². The van der Waals surface area contributed by atoms with Crippen LogP contribution >= 0.6 is 0 Å². The van der Waals surface area contributed by atoms with Gasteiger partial charge in [0.15, 0.2) is 6.61 Å². The fraction of sp³-hybridized carbons (Fsp3) is 0.200. The van der Waals surface area contributed by atoms with E-state index in [0.717, 1.165) is 18.2 Å². The van der Waals surface area contributed by atoms with E-state index in [1.54, 1.807) is 30.3 Å². The lowest BCUT2D eigenvalue weighted by atomic mass is 10.2. The minimum Gasteiger partial charge on any atom is -0.454 e. The van der Waals surface area contributed by atoms with E-state index in [-0.39, 0.29) is 18.2 Å². The van der Waals surface area contributed by atoms with Crippen molar-refractivity contribution in [1.82, 2.24) is 15.0 Å². The van der Waals surface area contributed by atoms with Crippen molar-refractivity contribution in [3.05, 3.63) is 60.2 Å². The molecule has 3 N–H and O–H groups in total. The Labute approximate surface area is 188 Å². The number of nitrogens with one attached hydrogen (secondary N) is 3. The summed E-state index contributed by atoms with van der Waals surface area (Å²) in [4.78, 5) is 23.3. The molecule has 0 spiro atoms. The lowest BCUT2D eigenvalue weighted by Gasteiger charge is -2.13. The Morgan fingerprint density at radius 3 is 2.21 bits per heavy atom. The summed E-state index contributed by atoms with van der Waals surface area (Å²) in [7, 11) is 0. The van der Waals surface area contributed by atoms with E-state index in [2.05, 4.69) is 35.6 Å². The first kappa shape index (κ1) is 24.5. The van der Waals surface area contributed by atoms with Gasteiger partial charge in [-0.05, 0) is 30.3 Å². The van der Waals surface area contributed by atoms with Crippen molar-refractivity contribution in [2.75, 3.05) is 29.1 Å². The molecular formula is C20H16F6N6O2. The van der Waals surface area contributed by atoms with Gasteiger partial charge in [-0.15, -0.1) is 0 Å². The number of nitrogens with zero attached hydrogens (tertiary/aromatic N) is 3. The number of aromatic nitrogens is 3. The van der Waals surface area contributed by atoms with Crippen molar-refractivity contribution in [1.29, 1.82) is 0 Å². The molecule has 8 nitrogen and oxygen atoms in total. The largest absolute Gasteiger partial charge is 0.454 e. The van der Waals surface area contributed by atoms with Crippen LogP contribution in [0.5, 0.6) is 6.01 Å². The molecule has 0 atom stereocenters. The van der Waals surface area contributed by atoms with Crippen LogP contribution in [0.1, 0.15) is 5.56 Å². The van der Waals surface area contributed by atoms with Crippen LogP contribution in [-0.2, 0) is 11.0 Å². The van der Waals surface area contributed by atoms with Gasteiger partial charge in [0.05, 0.1) is 12.1 Å². The third-order valence-corrected chi connectivity index (χ3v) is 3.89. The summed E-state index contributed by atoms with van der Waals surface area (Å²) in [5.41, 5.74) is -0.544. The van der Waals surface area contributed by atoms with Crippen molar-refractivity contribution in [2.45, 2.75) is 12.4 Å². The number of para-hydroxylation sites is 1. The van der Waals surface area contributed by atoms with Gasteiger partial charge in [0.25, 0.3) is 0 Å². The molecule has 34 heavy (non-hydrogen) atoms. The molecule has 0 fully saturated rings. The zero-order valence-electron chi connectivity index (χ0n) is 17.0. The maximum Gasteiger partial charge on any atom is 0.422 e. The Balaban J connectivity index is 1.77. The zero-order chi connectivity index (χ0) is 24.8. The second kappa shape index (κ2) is 10.2. The van der Waals surface area contributed by atoms with E-state index >= 15 is 0 Å². The second-order valence-electron chi connectivity index (χ2n) is 6.64. The number of rotatable bonds is 8. The molecule has 3 rings (SSSR count). The highest BCUT2D eigenvalue weighted by Gasteiger charge is 2.31. The molecule has 2 aromatic carbocycles. The summed E-state index contributed by atoms with van der Waals surface area (Å²) in [6.07, 6.45) is -9.30. The van der Waals surface area contributed by atoms with Gasteiger partial charge < -0.3 is 20.7 Å². The first-order valence-electron chi connectivity index (χ1n) is 9.47. The third kappa shape index (κ3) is 7.79. The van der Waals surface area contributed by atoms with E-state index in [9.17, 15) is 31.1 Å². The summed E-state index contributed by atoms with van der Waals surface area (Å²) in [6, 6.07) is 11.7. The smallest absolute Gasteiger partial charge is 0.422 e. The van der Waals surface area contributed by atoms with E-state index in [4.69, 9.17) is 0 Å². The van der Waals surface area contributed by atoms with Crippen molar-refractivity contribution >= 4 is 29.2 Å². The Kier molecular flexibility index (Phi) is 7.38. The van der Waals surface area contributed by atoms with E-state index in [1.165, 1.54) is 6.07 Å². The molecule has 180 valence electrons. The highest BCUT2D eigenvalue weighted by molar-refractivity contribution is 5.93. The summed E-state index contributed by atoms with van der Waals surface area (Å²) in [6.45, 7) is -2.09. The van der Waals surface area contributed by atoms with Crippen LogP contribution in [-0.4, -0.2) is 40.2 Å². The normalized spacial score (nSPS) is 11.6. The van der Waals surface area contributed by atoms with E-state index < -0.39 is 42.4 Å². The average Bonchev–Trinajstić information content (AvgIpc) is 2.76. The molecule has 0 aliphatic carbocycles. The van der Waals surface area contributed by atoms with E-state index in [1.807, 2.05) is 0 Å². The third-order valence-electron chi connectivity index (χ3n) is 3.89. The van der Waals surface area contributed by atoms with Gasteiger partial charge in [0.2, 0.25) is 17.8 Å². The molecular weight excluding hydrogens is 470 g/mol. The summed E-state index contributed by atoms with van der Waals surface area (Å²) in [5, 5.41) is 7.54. The number of hydrogen-bond donors (Lipinski definition) is 3. The van der Waals surface area contributed by atoms with Gasteiger partial charge in [-0.2, -0.15) is 41.3 Å². The zero-order valence-corrected chi connectivity index (χ0v) is 17.0. The number of carbonyl (C=O) groups excluding carboxylic acids is 1. The van der Waals surface area contributed by atoms with Crippen LogP contribution in [0.25, 0.3) is 0 Å². The summed E-state index contributed by atoms with van der Waals surface area (Å²) in [5.74, 6) is -1.26. The first-order valence-corrected chi connectivity index (χ1v) is 9.47. The Morgan fingerprint density at radius 1 is 0.853 bits per heavy atom. The first-order chi connectivity index (χ1) is 16.0. The maximum atomic E-state index is 12.9. The van der Waals surface area contributed by atoms with E-state index in [0.29, 0.717) is 5.69 Å². The highest BCUT2D eigenvalue weighted by atomic mass is 19.4. The van der Waals surface area contributed by atoms with Crippen molar-refractivity contribution < 1.29 is 35.9 Å². The number of carbonyl (C=O) groups is 1. The summed E-state index contributed by atoms with van der Waals surface area (Å²) < 4.78 is 80.9. The van der Waals surface area contributed by atoms with Crippen LogP contribution in [0.4, 0.5) is 49.6 Å². The Bertz CT molecular complexity index is 1120. The quantitative estimate of drug-likeness (QED) is 0.400. The molecule has 0 aliphatic heterocycles. The number of anilines is 4. The lowest BCUT2D eigenvalue weighted by Crippen LogP contribution is -2.24. The fourth-order valence-electron chi connectivity index (χ4n) is 2.49. The molecule has 0 saturated carbocycles. The number of amides is 1. The van der Waals surface area contributed by atoms with Crippen LogP contribution in [0, 0.1) is 0 Å². The van der Waals surface area contributed by atoms with Gasteiger partial charge in [0, 0.05) is 11.4 Å². The molecule has 1 amide bonds. The van der Waals surface area contributed by atoms with Crippen LogP contribution in [0.2, 0.25) is 0 Å². The maximum absolute atomic E-state index is 12.9. The molecule has 0 unspecified atom stereocenters. The van der Waals surface area contributed by atoms with Crippen molar-refractivity contribution in [3.63, 3.8) is 0 Å². The predicted octanol–water partition coefficient (Wildman–Crippen LogP) is 4.63. The van der Waals surface area contributed by atoms with Gasteiger partial charge in [-0.3, -0.25) is 4.79 Å². The molecule has 0 bridgehead atoms. The van der Waals surface area contributed by atoms with Crippen molar-refractivity contribution in [3.8, 4) is 6.01 Å². The molecule has 0 radical (unpaired) electrons. The average molecular weight is 486 g/mol. The minimum absolute atomic E-state index is 0.0874. The second-order valence-corrected chi connectivity index (χ2v) is 6.64. The number of hydrogen-bond acceptors (Lipinski definition) is 7. The molecule has 3 aromatic rings. The highest BCUT2D eigenvalue weighted by Crippen LogP contribution is 2.31. The van der Waals surface area contributed by atoms with Crippen LogP contribution in [0.3, 0.4) is 0 Å². The molecule has 1 aromatic heterocycles. The van der Waals surface area contributed by atoms with Gasteiger partial charge in [-0.25, -0.2) is 0 Å². The van der Waals surface area contributed by atoms with Gasteiger partial charge in [-0.1, -0.05) is 24.3 Å². The summed E-state index contributed by atoms with van der Waals surface area (Å²) >= 11 is 0. The standard InChI is InChI=1S/C20H16F6N6O2/c21-19(22,23)11-34-18-31-16(27-10-15(33)28-13-6-2-1-3-7-13)30-17(32-18)29-14-8-4-5-12(9-14)20(24,25)26/h1-9H,10-11H2,(H,28,33)(H2,27,29,30,31,32). The van der Waals surface area contributed by atoms with Gasteiger partial charge in [0.1, 0.15) is 0 Å². The predicted molar refractivity (Wildman–Crippen MR) is 110 cm³/mol. The lowest BCUT2D eigenvalue weighted by molar-refractivity contribution is -0.154. The van der Waals surface area contributed by atoms with Crippen molar-refractivity contribution in [2.24, 2.45) is 0 Å². The minimum atomic E-state index is -4.69. The topological polar surface area (TPSA) is 101 Å². The molecule has 14 heteroatoms.